The first-order valence-electron chi connectivity index (χ1n) is 10.1. The van der Waals surface area contributed by atoms with E-state index < -0.39 is 0 Å². The normalized spacial score (nSPS) is 28.1. The van der Waals surface area contributed by atoms with Crippen LogP contribution < -0.4 is 4.90 Å². The van der Waals surface area contributed by atoms with Gasteiger partial charge in [0.2, 0.25) is 5.91 Å². The van der Waals surface area contributed by atoms with Gasteiger partial charge in [0, 0.05) is 49.6 Å². The third-order valence-electron chi connectivity index (χ3n) is 6.94. The lowest BCUT2D eigenvalue weighted by Gasteiger charge is -2.37. The summed E-state index contributed by atoms with van der Waals surface area (Å²) >= 11 is 0. The number of hydrogen-bond donors (Lipinski definition) is 0. The topological polar surface area (TPSA) is 36.4 Å². The van der Waals surface area contributed by atoms with Crippen LogP contribution in [0.2, 0.25) is 0 Å². The van der Waals surface area contributed by atoms with Crippen molar-refractivity contribution in [2.75, 3.05) is 31.1 Å². The van der Waals surface area contributed by atoms with Gasteiger partial charge in [0.05, 0.1) is 11.9 Å². The molecular weight excluding hydrogens is 322 g/mol. The molecule has 0 radical (unpaired) electrons. The lowest BCUT2D eigenvalue weighted by atomic mass is 9.86. The van der Waals surface area contributed by atoms with Gasteiger partial charge < -0.3 is 9.80 Å². The van der Waals surface area contributed by atoms with E-state index in [0.717, 1.165) is 44.4 Å². The van der Waals surface area contributed by atoms with Gasteiger partial charge in [-0.05, 0) is 37.0 Å². The van der Waals surface area contributed by atoms with Crippen molar-refractivity contribution in [3.05, 3.63) is 36.7 Å². The third kappa shape index (κ3) is 2.85. The lowest BCUT2D eigenvalue weighted by Crippen LogP contribution is -2.49. The van der Waals surface area contributed by atoms with E-state index in [4.69, 9.17) is 0 Å². The van der Waals surface area contributed by atoms with Crippen LogP contribution in [0, 0.1) is 17.8 Å². The molecule has 2 saturated carbocycles. The predicted octanol–water partition coefficient (Wildman–Crippen LogP) is 3.71. The van der Waals surface area contributed by atoms with Gasteiger partial charge in [0.25, 0.3) is 0 Å². The first kappa shape index (κ1) is 16.1. The van der Waals surface area contributed by atoms with Gasteiger partial charge in [0.15, 0.2) is 0 Å². The molecule has 3 fully saturated rings. The standard InChI is InChI=1S/C22H27N3O/c26-22(13-19-12-16-5-6-17(19)11-16)25-9-7-24(8-10-25)21-15-23-14-18-3-1-2-4-20(18)21/h1-4,14-17,19H,5-13H2/t16-,17-,19-/m0/s1. The Morgan fingerprint density at radius 1 is 1.04 bits per heavy atom. The number of piperazine rings is 1. The molecule has 0 N–H and O–H groups in total. The third-order valence-corrected chi connectivity index (χ3v) is 6.94. The van der Waals surface area contributed by atoms with Gasteiger partial charge in [-0.3, -0.25) is 9.78 Å². The number of pyridine rings is 1. The molecule has 2 aromatic rings. The Labute approximate surface area is 155 Å². The molecule has 1 amide bonds. The van der Waals surface area contributed by atoms with Crippen LogP contribution in [0.5, 0.6) is 0 Å². The number of benzene rings is 1. The largest absolute Gasteiger partial charge is 0.366 e. The van der Waals surface area contributed by atoms with Gasteiger partial charge in [-0.1, -0.05) is 30.7 Å². The summed E-state index contributed by atoms with van der Waals surface area (Å²) in [6, 6.07) is 8.42. The molecule has 4 heteroatoms. The van der Waals surface area contributed by atoms with E-state index in [1.54, 1.807) is 0 Å². The zero-order chi connectivity index (χ0) is 17.5. The summed E-state index contributed by atoms with van der Waals surface area (Å²) in [7, 11) is 0. The number of hydrogen-bond acceptors (Lipinski definition) is 3. The monoisotopic (exact) mass is 349 g/mol. The van der Waals surface area contributed by atoms with Crippen LogP contribution >= 0.6 is 0 Å². The Hall–Kier alpha value is -2.10. The summed E-state index contributed by atoms with van der Waals surface area (Å²) < 4.78 is 0. The van der Waals surface area contributed by atoms with Gasteiger partial charge in [0.1, 0.15) is 0 Å². The number of rotatable bonds is 3. The molecule has 3 aliphatic rings. The van der Waals surface area contributed by atoms with E-state index in [2.05, 4.69) is 39.0 Å². The average Bonchev–Trinajstić information content (AvgIpc) is 3.31. The Morgan fingerprint density at radius 3 is 2.65 bits per heavy atom. The fourth-order valence-electron chi connectivity index (χ4n) is 5.53. The van der Waals surface area contributed by atoms with Crippen LogP contribution in [0.1, 0.15) is 32.1 Å². The smallest absolute Gasteiger partial charge is 0.222 e. The van der Waals surface area contributed by atoms with Crippen LogP contribution in [0.25, 0.3) is 10.8 Å². The van der Waals surface area contributed by atoms with E-state index in [9.17, 15) is 4.79 Å². The molecule has 26 heavy (non-hydrogen) atoms. The van der Waals surface area contributed by atoms with Crippen LogP contribution in [0.15, 0.2) is 36.7 Å². The molecule has 0 unspecified atom stereocenters. The van der Waals surface area contributed by atoms with Crippen LogP contribution in [0.4, 0.5) is 5.69 Å². The minimum absolute atomic E-state index is 0.387. The minimum Gasteiger partial charge on any atom is -0.366 e. The first-order valence-corrected chi connectivity index (χ1v) is 10.1. The highest BCUT2D eigenvalue weighted by molar-refractivity contribution is 5.93. The van der Waals surface area contributed by atoms with E-state index in [1.807, 2.05) is 12.4 Å². The molecular formula is C22H27N3O. The average molecular weight is 349 g/mol. The number of carbonyl (C=O) groups excluding carboxylic acids is 1. The number of carbonyl (C=O) groups is 1. The van der Waals surface area contributed by atoms with Crippen molar-refractivity contribution >= 4 is 22.4 Å². The van der Waals surface area contributed by atoms with Crippen molar-refractivity contribution in [1.82, 2.24) is 9.88 Å². The van der Waals surface area contributed by atoms with E-state index in [-0.39, 0.29) is 0 Å². The van der Waals surface area contributed by atoms with E-state index in [0.29, 0.717) is 11.8 Å². The second-order valence-electron chi connectivity index (χ2n) is 8.39. The second-order valence-corrected chi connectivity index (χ2v) is 8.39. The van der Waals surface area contributed by atoms with Gasteiger partial charge in [-0.25, -0.2) is 0 Å². The highest BCUT2D eigenvalue weighted by Crippen LogP contribution is 2.49. The Kier molecular flexibility index (Phi) is 4.07. The van der Waals surface area contributed by atoms with Crippen molar-refractivity contribution in [2.24, 2.45) is 17.8 Å². The lowest BCUT2D eigenvalue weighted by molar-refractivity contribution is -0.132. The van der Waals surface area contributed by atoms with Crippen molar-refractivity contribution in [2.45, 2.75) is 32.1 Å². The first-order chi connectivity index (χ1) is 12.8. The second kappa shape index (κ2) is 6.57. The number of anilines is 1. The summed E-state index contributed by atoms with van der Waals surface area (Å²) in [5.41, 5.74) is 1.20. The maximum atomic E-state index is 12.8. The van der Waals surface area contributed by atoms with Gasteiger partial charge in [-0.2, -0.15) is 0 Å². The molecule has 2 bridgehead atoms. The van der Waals surface area contributed by atoms with Crippen molar-refractivity contribution in [1.29, 1.82) is 0 Å². The molecule has 136 valence electrons. The van der Waals surface area contributed by atoms with E-state index >= 15 is 0 Å². The minimum atomic E-state index is 0.387. The molecule has 2 heterocycles. The van der Waals surface area contributed by atoms with E-state index in [1.165, 1.54) is 42.1 Å². The van der Waals surface area contributed by atoms with Crippen LogP contribution in [-0.4, -0.2) is 42.0 Å². The summed E-state index contributed by atoms with van der Waals surface area (Å²) in [4.78, 5) is 21.7. The fourth-order valence-corrected chi connectivity index (χ4v) is 5.53. The fraction of sp³-hybridized carbons (Fsp3) is 0.545. The number of amides is 1. The number of nitrogens with zero attached hydrogens (tertiary/aromatic N) is 3. The Morgan fingerprint density at radius 2 is 1.88 bits per heavy atom. The predicted molar refractivity (Wildman–Crippen MR) is 104 cm³/mol. The summed E-state index contributed by atoms with van der Waals surface area (Å²) in [6.45, 7) is 3.47. The zero-order valence-electron chi connectivity index (χ0n) is 15.3. The molecule has 1 aromatic heterocycles. The maximum absolute atomic E-state index is 12.8. The highest BCUT2D eigenvalue weighted by atomic mass is 16.2. The van der Waals surface area contributed by atoms with Crippen LogP contribution in [0.3, 0.4) is 0 Å². The Bertz CT molecular complexity index is 807. The number of fused-ring (bicyclic) bond motifs is 3. The summed E-state index contributed by atoms with van der Waals surface area (Å²) in [5.74, 6) is 2.82. The van der Waals surface area contributed by atoms with Crippen molar-refractivity contribution in [3.63, 3.8) is 0 Å². The molecule has 0 spiro atoms. The van der Waals surface area contributed by atoms with Crippen LogP contribution in [-0.2, 0) is 4.79 Å². The molecule has 5 rings (SSSR count). The molecule has 2 aliphatic carbocycles. The summed E-state index contributed by atoms with van der Waals surface area (Å²) in [6.07, 6.45) is 10.1. The Balaban J connectivity index is 1.22. The number of aromatic nitrogens is 1. The van der Waals surface area contributed by atoms with Gasteiger partial charge in [-0.15, -0.1) is 0 Å². The molecule has 3 atom stereocenters. The maximum Gasteiger partial charge on any atom is 0.222 e. The quantitative estimate of drug-likeness (QED) is 0.847. The zero-order valence-corrected chi connectivity index (χ0v) is 15.3. The van der Waals surface area contributed by atoms with Gasteiger partial charge >= 0.3 is 0 Å². The van der Waals surface area contributed by atoms with Crippen molar-refractivity contribution < 1.29 is 4.79 Å². The SMILES string of the molecule is O=C(C[C@@H]1C[C@H]2CC[C@H]1C2)N1CCN(c2cncc3ccccc23)CC1. The molecule has 1 aliphatic heterocycles. The molecule has 4 nitrogen and oxygen atoms in total. The summed E-state index contributed by atoms with van der Waals surface area (Å²) in [5, 5.41) is 2.43. The highest BCUT2D eigenvalue weighted by Gasteiger charge is 2.40. The van der Waals surface area contributed by atoms with Crippen molar-refractivity contribution in [3.8, 4) is 0 Å². The molecule has 1 saturated heterocycles. The molecule has 1 aromatic carbocycles.